The second kappa shape index (κ2) is 5.15. The lowest BCUT2D eigenvalue weighted by Gasteiger charge is -2.35. The molecule has 2 unspecified atom stereocenters. The molecule has 6 heteroatoms. The van der Waals surface area contributed by atoms with Crippen LogP contribution < -0.4 is 5.32 Å². The standard InChI is InChI=1S/C13H18ClN3O2/c14-13(4-2-1-3-5-13)17-10-11(15-12(17)18)16-6-8-19-9-7-16/h1-4,11H,5-10H2,(H,15,18). The Bertz CT molecular complexity index is 420. The third kappa shape index (κ3) is 2.50. The summed E-state index contributed by atoms with van der Waals surface area (Å²) in [4.78, 5) is 15.4. The van der Waals surface area contributed by atoms with Gasteiger partial charge < -0.3 is 10.1 Å². The first kappa shape index (κ1) is 13.0. The summed E-state index contributed by atoms with van der Waals surface area (Å²) < 4.78 is 5.33. The van der Waals surface area contributed by atoms with Crippen molar-refractivity contribution < 1.29 is 9.53 Å². The highest BCUT2D eigenvalue weighted by molar-refractivity contribution is 6.26. The zero-order valence-electron chi connectivity index (χ0n) is 10.7. The molecule has 19 heavy (non-hydrogen) atoms. The first-order valence-corrected chi connectivity index (χ1v) is 7.00. The van der Waals surface area contributed by atoms with Crippen molar-refractivity contribution in [2.45, 2.75) is 17.6 Å². The Morgan fingerprint density at radius 3 is 2.84 bits per heavy atom. The van der Waals surface area contributed by atoms with E-state index in [0.29, 0.717) is 13.0 Å². The number of nitrogens with zero attached hydrogens (tertiary/aromatic N) is 2. The van der Waals surface area contributed by atoms with E-state index >= 15 is 0 Å². The number of allylic oxidation sites excluding steroid dienone is 2. The van der Waals surface area contributed by atoms with Crippen LogP contribution in [-0.2, 0) is 4.74 Å². The van der Waals surface area contributed by atoms with Gasteiger partial charge in [-0.2, -0.15) is 0 Å². The van der Waals surface area contributed by atoms with Crippen molar-refractivity contribution in [3.63, 3.8) is 0 Å². The van der Waals surface area contributed by atoms with Gasteiger partial charge in [0.1, 0.15) is 11.2 Å². The van der Waals surface area contributed by atoms with Crippen molar-refractivity contribution in [3.05, 3.63) is 24.3 Å². The van der Waals surface area contributed by atoms with E-state index in [4.69, 9.17) is 16.3 Å². The second-order valence-corrected chi connectivity index (χ2v) is 5.69. The van der Waals surface area contributed by atoms with Gasteiger partial charge in [-0.15, -0.1) is 0 Å². The van der Waals surface area contributed by atoms with E-state index < -0.39 is 5.00 Å². The third-order valence-corrected chi connectivity index (χ3v) is 4.31. The summed E-state index contributed by atoms with van der Waals surface area (Å²) in [5.41, 5.74) is 0. The summed E-state index contributed by atoms with van der Waals surface area (Å²) in [6.07, 6.45) is 8.40. The van der Waals surface area contributed by atoms with E-state index in [-0.39, 0.29) is 12.2 Å². The molecule has 1 aliphatic carbocycles. The number of nitrogens with one attached hydrogen (secondary N) is 1. The Kier molecular flexibility index (Phi) is 3.52. The first-order chi connectivity index (χ1) is 9.19. The van der Waals surface area contributed by atoms with Gasteiger partial charge in [-0.1, -0.05) is 29.8 Å². The van der Waals surface area contributed by atoms with Gasteiger partial charge in [0.15, 0.2) is 0 Å². The Morgan fingerprint density at radius 1 is 1.37 bits per heavy atom. The topological polar surface area (TPSA) is 44.8 Å². The highest BCUT2D eigenvalue weighted by atomic mass is 35.5. The number of alkyl halides is 1. The minimum Gasteiger partial charge on any atom is -0.379 e. The summed E-state index contributed by atoms with van der Waals surface area (Å²) in [5.74, 6) is 0. The maximum atomic E-state index is 12.1. The lowest BCUT2D eigenvalue weighted by atomic mass is 10.1. The molecule has 5 nitrogen and oxygen atoms in total. The molecule has 2 saturated heterocycles. The number of urea groups is 1. The van der Waals surface area contributed by atoms with Crippen molar-refractivity contribution in [2.24, 2.45) is 0 Å². The molecule has 0 saturated carbocycles. The van der Waals surface area contributed by atoms with Gasteiger partial charge >= 0.3 is 6.03 Å². The molecule has 1 N–H and O–H groups in total. The van der Waals surface area contributed by atoms with Crippen LogP contribution in [0, 0.1) is 0 Å². The van der Waals surface area contributed by atoms with Gasteiger partial charge in [-0.3, -0.25) is 9.80 Å². The van der Waals surface area contributed by atoms with Gasteiger partial charge in [0.05, 0.1) is 19.8 Å². The summed E-state index contributed by atoms with van der Waals surface area (Å²) in [7, 11) is 0. The van der Waals surface area contributed by atoms with Crippen molar-refractivity contribution in [3.8, 4) is 0 Å². The Hall–Kier alpha value is -1.04. The molecule has 0 aromatic carbocycles. The number of ether oxygens (including phenoxy) is 1. The van der Waals surface area contributed by atoms with E-state index in [1.807, 2.05) is 24.3 Å². The van der Waals surface area contributed by atoms with Crippen LogP contribution in [0.15, 0.2) is 24.3 Å². The molecular weight excluding hydrogens is 266 g/mol. The molecule has 0 radical (unpaired) electrons. The van der Waals surface area contributed by atoms with Gasteiger partial charge in [0.2, 0.25) is 0 Å². The lowest BCUT2D eigenvalue weighted by Crippen LogP contribution is -2.50. The Labute approximate surface area is 117 Å². The van der Waals surface area contributed by atoms with Crippen molar-refractivity contribution in [2.75, 3.05) is 32.8 Å². The summed E-state index contributed by atoms with van der Waals surface area (Å²) >= 11 is 6.56. The Morgan fingerprint density at radius 2 is 2.16 bits per heavy atom. The lowest BCUT2D eigenvalue weighted by molar-refractivity contribution is 0.0137. The zero-order chi connectivity index (χ0) is 13.3. The minimum absolute atomic E-state index is 0.0336. The van der Waals surface area contributed by atoms with E-state index in [2.05, 4.69) is 10.2 Å². The van der Waals surface area contributed by atoms with Crippen molar-refractivity contribution in [1.82, 2.24) is 15.1 Å². The highest BCUT2D eigenvalue weighted by Gasteiger charge is 2.43. The van der Waals surface area contributed by atoms with E-state index in [0.717, 1.165) is 26.3 Å². The molecule has 104 valence electrons. The molecule has 2 heterocycles. The first-order valence-electron chi connectivity index (χ1n) is 6.62. The van der Waals surface area contributed by atoms with Crippen LogP contribution in [0.25, 0.3) is 0 Å². The molecule has 0 aromatic rings. The molecule has 2 fully saturated rings. The largest absolute Gasteiger partial charge is 0.379 e. The normalized spacial score (nSPS) is 35.7. The predicted octanol–water partition coefficient (Wildman–Crippen LogP) is 1.12. The zero-order valence-corrected chi connectivity index (χ0v) is 11.5. The second-order valence-electron chi connectivity index (χ2n) is 5.03. The van der Waals surface area contributed by atoms with Crippen LogP contribution in [0.2, 0.25) is 0 Å². The monoisotopic (exact) mass is 283 g/mol. The number of halogens is 1. The average molecular weight is 284 g/mol. The van der Waals surface area contributed by atoms with E-state index in [9.17, 15) is 4.79 Å². The van der Waals surface area contributed by atoms with Crippen molar-refractivity contribution >= 4 is 17.6 Å². The fourth-order valence-electron chi connectivity index (χ4n) is 2.72. The van der Waals surface area contributed by atoms with Crippen LogP contribution in [0.5, 0.6) is 0 Å². The van der Waals surface area contributed by atoms with Crippen LogP contribution in [0.4, 0.5) is 4.79 Å². The number of amides is 2. The summed E-state index contributed by atoms with van der Waals surface area (Å²) in [6.45, 7) is 3.76. The minimum atomic E-state index is -0.722. The van der Waals surface area contributed by atoms with Crippen molar-refractivity contribution in [1.29, 1.82) is 0 Å². The smallest absolute Gasteiger partial charge is 0.320 e. The average Bonchev–Trinajstić information content (AvgIpc) is 2.84. The van der Waals surface area contributed by atoms with Crippen LogP contribution in [0.1, 0.15) is 6.42 Å². The quantitative estimate of drug-likeness (QED) is 0.610. The molecule has 2 amide bonds. The van der Waals surface area contributed by atoms with Crippen LogP contribution in [-0.4, -0.2) is 59.8 Å². The third-order valence-electron chi connectivity index (χ3n) is 3.83. The number of morpholine rings is 1. The molecule has 3 aliphatic rings. The highest BCUT2D eigenvalue weighted by Crippen LogP contribution is 2.32. The molecule has 2 atom stereocenters. The Balaban J connectivity index is 1.69. The van der Waals surface area contributed by atoms with E-state index in [1.54, 1.807) is 4.90 Å². The summed E-state index contributed by atoms with van der Waals surface area (Å²) in [5, 5.41) is 3.01. The molecule has 0 bridgehead atoms. The van der Waals surface area contributed by atoms with E-state index in [1.165, 1.54) is 0 Å². The molecule has 2 aliphatic heterocycles. The van der Waals surface area contributed by atoms with Crippen LogP contribution >= 0.6 is 11.6 Å². The summed E-state index contributed by atoms with van der Waals surface area (Å²) in [6, 6.07) is -0.0913. The van der Waals surface area contributed by atoms with Gasteiger partial charge in [-0.05, 0) is 6.08 Å². The molecular formula is C13H18ClN3O2. The fourth-order valence-corrected chi connectivity index (χ4v) is 3.03. The fraction of sp³-hybridized carbons (Fsp3) is 0.615. The number of hydrogen-bond donors (Lipinski definition) is 1. The van der Waals surface area contributed by atoms with Gasteiger partial charge in [0.25, 0.3) is 0 Å². The maximum absolute atomic E-state index is 12.1. The maximum Gasteiger partial charge on any atom is 0.320 e. The molecule has 0 spiro atoms. The molecule has 3 rings (SSSR count). The number of carbonyl (C=O) groups excluding carboxylic acids is 1. The SMILES string of the molecule is O=C1NC(N2CCOCC2)CN1C1(Cl)C=CC=CC1. The van der Waals surface area contributed by atoms with Gasteiger partial charge in [0, 0.05) is 19.5 Å². The number of carbonyl (C=O) groups is 1. The number of rotatable bonds is 2. The van der Waals surface area contributed by atoms with Crippen LogP contribution in [0.3, 0.4) is 0 Å². The molecule has 0 aromatic heterocycles. The predicted molar refractivity (Wildman–Crippen MR) is 72.9 cm³/mol. The van der Waals surface area contributed by atoms with Gasteiger partial charge in [-0.25, -0.2) is 4.79 Å². The number of hydrogen-bond acceptors (Lipinski definition) is 3.